The zero-order valence-electron chi connectivity index (χ0n) is 83.4. The fraction of sp³-hybridized carbons (Fsp3) is 0.321. The lowest BCUT2D eigenvalue weighted by Gasteiger charge is -2.14. The van der Waals surface area contributed by atoms with Crippen LogP contribution in [-0.2, 0) is 137 Å². The Bertz CT molecular complexity index is 8040. The lowest BCUT2D eigenvalue weighted by Crippen LogP contribution is -2.14. The normalized spacial score (nSPS) is 12.2. The molecule has 8 bridgehead atoms. The number of nitrogens with zero attached hydrogens (tertiary/aromatic N) is 15. The third-order valence-electron chi connectivity index (χ3n) is 26.6. The number of methoxy groups -OCH3 is 4. The van der Waals surface area contributed by atoms with Crippen LogP contribution in [0.2, 0.25) is 15.1 Å². The Hall–Kier alpha value is -12.2. The number of hydrogen-bond donors (Lipinski definition) is 3. The van der Waals surface area contributed by atoms with Crippen molar-refractivity contribution in [2.45, 2.75) is 169 Å². The van der Waals surface area contributed by atoms with Crippen LogP contribution in [0.3, 0.4) is 0 Å². The van der Waals surface area contributed by atoms with Crippen molar-refractivity contribution < 1.29 is 58.2 Å². The molecule has 0 saturated heterocycles. The fourth-order valence-electron chi connectivity index (χ4n) is 19.3. The zero-order chi connectivity index (χ0) is 103. The van der Waals surface area contributed by atoms with Gasteiger partial charge in [0.2, 0.25) is 0 Å². The van der Waals surface area contributed by atoms with Crippen molar-refractivity contribution in [2.24, 2.45) is 42.3 Å². The molecule has 19 rings (SSSR count). The number of esters is 4. The van der Waals surface area contributed by atoms with Crippen molar-refractivity contribution in [2.75, 3.05) is 41.7 Å². The van der Waals surface area contributed by atoms with Gasteiger partial charge in [-0.25, -0.2) is 14.4 Å². The predicted molar refractivity (Wildman–Crippen MR) is 607 cm³/mol. The first-order valence-corrected chi connectivity index (χ1v) is 54.7. The van der Waals surface area contributed by atoms with Gasteiger partial charge in [-0.1, -0.05) is 130 Å². The van der Waals surface area contributed by atoms with E-state index in [1.807, 2.05) is 217 Å². The van der Waals surface area contributed by atoms with E-state index in [1.54, 1.807) is 70.6 Å². The van der Waals surface area contributed by atoms with Gasteiger partial charge in [-0.05, 0) is 178 Å². The summed E-state index contributed by atoms with van der Waals surface area (Å²) in [7, 11) is 17.2. The van der Waals surface area contributed by atoms with Crippen LogP contribution >= 0.6 is 105 Å². The van der Waals surface area contributed by atoms with Crippen LogP contribution < -0.4 is 4.74 Å². The molecule has 0 aliphatic carbocycles. The van der Waals surface area contributed by atoms with Crippen molar-refractivity contribution in [3.8, 4) is 50.6 Å². The third-order valence-corrected chi connectivity index (χ3v) is 33.5. The highest BCUT2D eigenvalue weighted by Crippen LogP contribution is 2.49. The summed E-state index contributed by atoms with van der Waals surface area (Å²) in [5.74, 6) is 6.05. The highest BCUT2D eigenvalue weighted by Gasteiger charge is 2.34. The first-order valence-electron chi connectivity index (χ1n) is 47.1. The van der Waals surface area contributed by atoms with E-state index in [2.05, 4.69) is 72.2 Å². The summed E-state index contributed by atoms with van der Waals surface area (Å²) < 4.78 is 44.2. The minimum atomic E-state index is -0.493. The largest absolute Gasteiger partial charge is 0.507 e. The maximum absolute atomic E-state index is 13.3. The molecule has 776 valence electrons. The van der Waals surface area contributed by atoms with Gasteiger partial charge in [-0.3, -0.25) is 32.9 Å². The number of rotatable bonds is 25. The molecule has 0 fully saturated rings. The number of aromatic hydroxyl groups is 2. The smallest absolute Gasteiger partial charge is 0.354 e. The highest BCUT2D eigenvalue weighted by molar-refractivity contribution is 7.99. The van der Waals surface area contributed by atoms with Crippen LogP contribution in [0.15, 0.2) is 178 Å². The number of fused-ring (bicyclic) bond motifs is 12. The first kappa shape index (κ1) is 111. The van der Waals surface area contributed by atoms with E-state index in [0.29, 0.717) is 105 Å². The minimum absolute atomic E-state index is 0. The third kappa shape index (κ3) is 22.9. The molecule has 36 heteroatoms. The molecule has 0 unspecified atom stereocenters. The standard InChI is InChI=1S/C37H38ClN5O5S2.C36H38ClN5O4S2.C36H36ClN5O3S2.3CH4/c1-21-33-30(43(14-13-32(45)47-5)36(21)37(46)48-6)12-11-28(38)35(33)34-22(2)41(3)40-29(34)20-49-18-24-16-25(42(4)39-24)19-50-26-15-23-9-7-8-10-27(23)31(44)17-26;1-21-32-30(42(13-8-14-43)35(21)36(45)46-5)12-11-28(37)34(32)33-22(2)40(3)39-29(33)20-47-18-24-16-25(41(4)38-24)19-48-26-15-23-9-6-7-10-27(23)31(44)17-26;1-21-32-30-12-11-28(37)34(32)33-22(2)40(3)39-29(33)20-46-18-24-16-25(41(4)38-24)19-47-26-15-23-9-6-7-10-27(23)31(17-26)45-14-8-13-42(30)35(21)36(43)44-5;;;/h7-12,15-17,44H,13-14,18-20H2,1-6H3;6-7,9-12,15-17,43-44H,8,13-14,18-20H2,1-5H3;6-7,9-12,15-17H,8,13-14,18-20H2,1-5H3;3*1H4. The molecule has 9 aromatic carbocycles. The van der Waals surface area contributed by atoms with Crippen LogP contribution in [0.5, 0.6) is 17.2 Å². The summed E-state index contributed by atoms with van der Waals surface area (Å²) >= 11 is 31.3. The van der Waals surface area contributed by atoms with E-state index in [0.717, 1.165) is 210 Å². The van der Waals surface area contributed by atoms with Gasteiger partial charge in [-0.2, -0.15) is 30.6 Å². The quantitative estimate of drug-likeness (QED) is 0.0272. The Morgan fingerprint density at radius 1 is 0.446 bits per heavy atom. The molecule has 3 N–H and O–H groups in total. The Balaban J connectivity index is 0.000000173. The molecule has 0 atom stereocenters. The number of thioether (sulfide) groups is 6. The molecule has 0 radical (unpaired) electrons. The lowest BCUT2D eigenvalue weighted by atomic mass is 9.97. The molecule has 148 heavy (non-hydrogen) atoms. The number of carbonyl (C=O) groups is 4. The topological polar surface area (TPSA) is 297 Å². The van der Waals surface area contributed by atoms with Crippen LogP contribution in [0.1, 0.15) is 158 Å². The Morgan fingerprint density at radius 2 is 0.899 bits per heavy atom. The van der Waals surface area contributed by atoms with Crippen molar-refractivity contribution in [1.29, 1.82) is 0 Å². The Morgan fingerprint density at radius 3 is 1.41 bits per heavy atom. The number of aliphatic hydroxyl groups is 1. The Labute approximate surface area is 902 Å². The number of phenols is 2. The Kier molecular flexibility index (Phi) is 36.6. The molecule has 18 aromatic rings. The van der Waals surface area contributed by atoms with Gasteiger partial charge in [0.25, 0.3) is 0 Å². The van der Waals surface area contributed by atoms with Crippen molar-refractivity contribution in [3.63, 3.8) is 0 Å². The summed E-state index contributed by atoms with van der Waals surface area (Å²) in [4.78, 5) is 54.5. The number of phenolic OH excluding ortho intramolecular Hbond substituents is 2. The number of hydrogen-bond acceptors (Lipinski definition) is 24. The maximum Gasteiger partial charge on any atom is 0.354 e. The monoisotopic (exact) mass is 2170 g/mol. The summed E-state index contributed by atoms with van der Waals surface area (Å²) in [5, 5.41) is 70.0. The van der Waals surface area contributed by atoms with Crippen molar-refractivity contribution in [1.82, 2.24) is 72.4 Å². The van der Waals surface area contributed by atoms with Crippen LogP contribution in [0.25, 0.3) is 98.4 Å². The molecule has 0 saturated carbocycles. The summed E-state index contributed by atoms with van der Waals surface area (Å²) in [6, 6.07) is 54.1. The molecule has 0 amide bonds. The SMILES string of the molecule is C.C.C.COC(=O)CCn1c(C(=O)OC)c(C)c2c(-c3c(CSCc4cc(CSc5cc(O)c6ccccc6c5)n(C)n4)nn(C)c3C)c(Cl)ccc21.COC(=O)c1c(C)c2c(-c3c(CSCc4cc(CSc5cc(O)c6ccccc6c5)n(C)n4)nn(C)c3C)c(Cl)ccc2n1CCCO.COC(=O)c1c(C)c2c3c(Cl)ccc2n1CCCOc1cc(cc2ccccc12)SCc1cc(nn1C)CSCc1nn(C)c(C)c1-3. The number of ether oxygens (including phenoxy) is 5. The molecule has 1 aliphatic rings. The van der Waals surface area contributed by atoms with Crippen molar-refractivity contribution in [3.05, 3.63) is 281 Å². The molecule has 0 spiro atoms. The molecule has 9 aromatic heterocycles. The molecule has 27 nitrogen and oxygen atoms in total. The van der Waals surface area contributed by atoms with Gasteiger partial charge in [0.1, 0.15) is 34.3 Å². The van der Waals surface area contributed by atoms with E-state index in [1.165, 1.54) is 34.1 Å². The van der Waals surface area contributed by atoms with Gasteiger partial charge < -0.3 is 52.7 Å². The van der Waals surface area contributed by atoms with E-state index >= 15 is 0 Å². The van der Waals surface area contributed by atoms with Gasteiger partial charge >= 0.3 is 23.9 Å². The molecular formula is C112H124Cl3N15O12S6. The molecule has 10 heterocycles. The minimum Gasteiger partial charge on any atom is -0.507 e. The predicted octanol–water partition coefficient (Wildman–Crippen LogP) is 26.2. The first-order chi connectivity index (χ1) is 69.9. The van der Waals surface area contributed by atoms with Crippen LogP contribution in [-0.4, -0.2) is 153 Å². The fourth-order valence-corrected chi connectivity index (χ4v) is 25.6. The summed E-state index contributed by atoms with van der Waals surface area (Å²) in [6.07, 6.45) is 1.28. The number of halogens is 3. The second-order valence-corrected chi connectivity index (χ2v) is 42.9. The average molecular weight is 2170 g/mol. The summed E-state index contributed by atoms with van der Waals surface area (Å²) in [5.41, 5.74) is 23.6. The maximum atomic E-state index is 13.3. The number of aliphatic hydroxyl groups excluding tert-OH is 1. The zero-order valence-corrected chi connectivity index (χ0v) is 90.6. The van der Waals surface area contributed by atoms with Gasteiger partial charge in [0.15, 0.2) is 0 Å². The summed E-state index contributed by atoms with van der Waals surface area (Å²) in [6.45, 7) is 13.7. The molecule has 1 aliphatic heterocycles. The van der Waals surface area contributed by atoms with E-state index in [4.69, 9.17) is 89.1 Å². The highest BCUT2D eigenvalue weighted by atomic mass is 35.5. The number of aromatic nitrogens is 15. The lowest BCUT2D eigenvalue weighted by molar-refractivity contribution is -0.140. The molecular weight excluding hydrogens is 2050 g/mol. The van der Waals surface area contributed by atoms with Crippen LogP contribution in [0, 0.1) is 41.5 Å². The van der Waals surface area contributed by atoms with Crippen LogP contribution in [0.4, 0.5) is 0 Å². The van der Waals surface area contributed by atoms with Crippen molar-refractivity contribution >= 4 is 194 Å². The number of aryl methyl sites for hydroxylation is 12. The average Bonchev–Trinajstić information content (AvgIpc) is 1.58. The number of benzene rings is 9. The second-order valence-electron chi connectivity index (χ2n) is 35.6. The van der Waals surface area contributed by atoms with E-state index < -0.39 is 11.9 Å². The second kappa shape index (κ2) is 48.6. The van der Waals surface area contributed by atoms with E-state index in [9.17, 15) is 34.5 Å². The number of carbonyl (C=O) groups excluding carboxylic acids is 4. The van der Waals surface area contributed by atoms with Gasteiger partial charge in [0.05, 0.1) is 75.6 Å². The van der Waals surface area contributed by atoms with E-state index in [-0.39, 0.29) is 65.3 Å². The van der Waals surface area contributed by atoms with Gasteiger partial charge in [-0.15, -0.1) is 70.6 Å². The van der Waals surface area contributed by atoms with Gasteiger partial charge in [0, 0.05) is 266 Å².